The third-order valence-corrected chi connectivity index (χ3v) is 2.54. The maximum atomic E-state index is 9.02. The summed E-state index contributed by atoms with van der Waals surface area (Å²) in [5.41, 5.74) is 6.94. The number of amidine groups is 1. The number of hydrogen-bond donors (Lipinski definition) is 4. The summed E-state index contributed by atoms with van der Waals surface area (Å²) in [7, 11) is 0. The van der Waals surface area contributed by atoms with Crippen LogP contribution in [0.3, 0.4) is 0 Å². The molecule has 1 aromatic rings. The first-order valence-electron chi connectivity index (χ1n) is 5.55. The fourth-order valence-electron chi connectivity index (χ4n) is 1.72. The summed E-state index contributed by atoms with van der Waals surface area (Å²) < 4.78 is 0. The highest BCUT2D eigenvalue weighted by Gasteiger charge is 2.17. The summed E-state index contributed by atoms with van der Waals surface area (Å²) in [6, 6.07) is 1.74. The number of nitrogens with two attached hydrogens (primary N) is 1. The van der Waals surface area contributed by atoms with Gasteiger partial charge in [-0.15, -0.1) is 0 Å². The summed E-state index contributed by atoms with van der Waals surface area (Å²) in [5.74, 6) is 0.435. The van der Waals surface area contributed by atoms with Gasteiger partial charge >= 0.3 is 0 Å². The van der Waals surface area contributed by atoms with Crippen molar-refractivity contribution in [3.05, 3.63) is 23.4 Å². The minimum absolute atomic E-state index is 0.0449. The van der Waals surface area contributed by atoms with Crippen LogP contribution >= 0.6 is 0 Å². The Bertz CT molecular complexity index is 417. The number of rotatable bonds is 6. The number of aromatic nitrogens is 1. The standard InChI is InChI=1S/C11H18N4O3/c1-8-2-3-13-11(9(8)10(12)14-18)15(4-6-16)5-7-17/h2-3,16-18H,4-7H2,1H3,(H2,12,14). The van der Waals surface area contributed by atoms with Gasteiger partial charge in [0.2, 0.25) is 0 Å². The van der Waals surface area contributed by atoms with Crippen LogP contribution in [-0.2, 0) is 0 Å². The van der Waals surface area contributed by atoms with Gasteiger partial charge in [0.05, 0.1) is 18.8 Å². The van der Waals surface area contributed by atoms with E-state index in [2.05, 4.69) is 10.1 Å². The van der Waals surface area contributed by atoms with Crippen LogP contribution in [-0.4, -0.2) is 52.5 Å². The topological polar surface area (TPSA) is 115 Å². The van der Waals surface area contributed by atoms with E-state index in [9.17, 15) is 0 Å². The van der Waals surface area contributed by atoms with Crippen LogP contribution in [0.15, 0.2) is 17.4 Å². The molecule has 1 aromatic heterocycles. The third-order valence-electron chi connectivity index (χ3n) is 2.54. The second-order valence-electron chi connectivity index (χ2n) is 3.75. The van der Waals surface area contributed by atoms with E-state index >= 15 is 0 Å². The van der Waals surface area contributed by atoms with Gasteiger partial charge in [-0.2, -0.15) is 0 Å². The SMILES string of the molecule is Cc1ccnc(N(CCO)CCO)c1/C(N)=N/O. The zero-order chi connectivity index (χ0) is 13.5. The summed E-state index contributed by atoms with van der Waals surface area (Å²) in [6.45, 7) is 2.27. The van der Waals surface area contributed by atoms with Crippen molar-refractivity contribution in [2.24, 2.45) is 10.9 Å². The number of anilines is 1. The lowest BCUT2D eigenvalue weighted by molar-refractivity contribution is 0.280. The molecule has 1 rings (SSSR count). The molecule has 18 heavy (non-hydrogen) atoms. The second kappa shape index (κ2) is 6.77. The Morgan fingerprint density at radius 2 is 2.00 bits per heavy atom. The number of pyridine rings is 1. The monoisotopic (exact) mass is 254 g/mol. The van der Waals surface area contributed by atoms with Gasteiger partial charge < -0.3 is 26.1 Å². The van der Waals surface area contributed by atoms with Crippen LogP contribution in [0.5, 0.6) is 0 Å². The Morgan fingerprint density at radius 3 is 2.50 bits per heavy atom. The van der Waals surface area contributed by atoms with Crippen molar-refractivity contribution in [3.63, 3.8) is 0 Å². The molecule has 0 aliphatic carbocycles. The number of hydrogen-bond acceptors (Lipinski definition) is 6. The van der Waals surface area contributed by atoms with Crippen LogP contribution < -0.4 is 10.6 Å². The van der Waals surface area contributed by atoms with Crippen molar-refractivity contribution in [2.45, 2.75) is 6.92 Å². The average Bonchev–Trinajstić information content (AvgIpc) is 2.37. The van der Waals surface area contributed by atoms with Gasteiger partial charge in [0, 0.05) is 19.3 Å². The first-order valence-corrected chi connectivity index (χ1v) is 5.55. The predicted molar refractivity (Wildman–Crippen MR) is 67.9 cm³/mol. The van der Waals surface area contributed by atoms with E-state index in [1.807, 2.05) is 6.92 Å². The Labute approximate surface area is 105 Å². The van der Waals surface area contributed by atoms with E-state index in [1.165, 1.54) is 0 Å². The largest absolute Gasteiger partial charge is 0.409 e. The molecule has 0 amide bonds. The first kappa shape index (κ1) is 14.2. The maximum Gasteiger partial charge on any atom is 0.174 e. The van der Waals surface area contributed by atoms with E-state index in [0.29, 0.717) is 24.5 Å². The highest BCUT2D eigenvalue weighted by atomic mass is 16.4. The van der Waals surface area contributed by atoms with E-state index in [1.54, 1.807) is 17.2 Å². The first-order chi connectivity index (χ1) is 8.65. The van der Waals surface area contributed by atoms with Crippen molar-refractivity contribution in [1.29, 1.82) is 0 Å². The van der Waals surface area contributed by atoms with Gasteiger partial charge in [-0.05, 0) is 18.6 Å². The van der Waals surface area contributed by atoms with Crippen molar-refractivity contribution >= 4 is 11.7 Å². The highest BCUT2D eigenvalue weighted by Crippen LogP contribution is 2.20. The molecule has 0 fully saturated rings. The number of aryl methyl sites for hydroxylation is 1. The van der Waals surface area contributed by atoms with Crippen LogP contribution in [0.25, 0.3) is 0 Å². The molecule has 0 aromatic carbocycles. The Kier molecular flexibility index (Phi) is 5.34. The molecule has 0 unspecified atom stereocenters. The quantitative estimate of drug-likeness (QED) is 0.230. The molecule has 0 atom stereocenters. The van der Waals surface area contributed by atoms with Crippen molar-refractivity contribution in [3.8, 4) is 0 Å². The van der Waals surface area contributed by atoms with Gasteiger partial charge in [-0.25, -0.2) is 4.98 Å². The summed E-state index contributed by atoms with van der Waals surface area (Å²) >= 11 is 0. The third kappa shape index (κ3) is 3.08. The molecule has 1 heterocycles. The second-order valence-corrected chi connectivity index (χ2v) is 3.75. The van der Waals surface area contributed by atoms with Gasteiger partial charge in [0.1, 0.15) is 5.82 Å². The Hall–Kier alpha value is -1.86. The van der Waals surface area contributed by atoms with Crippen LogP contribution in [0.1, 0.15) is 11.1 Å². The van der Waals surface area contributed by atoms with E-state index in [4.69, 9.17) is 21.2 Å². The lowest BCUT2D eigenvalue weighted by atomic mass is 10.1. The van der Waals surface area contributed by atoms with Crippen LogP contribution in [0.2, 0.25) is 0 Å². The predicted octanol–water partition coefficient (Wildman–Crippen LogP) is -0.724. The van der Waals surface area contributed by atoms with E-state index in [-0.39, 0.29) is 19.0 Å². The van der Waals surface area contributed by atoms with Gasteiger partial charge in [-0.1, -0.05) is 5.16 Å². The molecule has 0 radical (unpaired) electrons. The van der Waals surface area contributed by atoms with Gasteiger partial charge in [-0.3, -0.25) is 0 Å². The minimum Gasteiger partial charge on any atom is -0.409 e. The smallest absolute Gasteiger partial charge is 0.174 e. The summed E-state index contributed by atoms with van der Waals surface area (Å²) in [4.78, 5) is 5.86. The molecule has 0 aliphatic rings. The van der Waals surface area contributed by atoms with Crippen LogP contribution in [0, 0.1) is 6.92 Å². The minimum atomic E-state index is -0.0781. The fraction of sp³-hybridized carbons (Fsp3) is 0.455. The molecule has 5 N–H and O–H groups in total. The molecule has 7 nitrogen and oxygen atoms in total. The Morgan fingerprint density at radius 1 is 1.39 bits per heavy atom. The molecular formula is C11H18N4O3. The lowest BCUT2D eigenvalue weighted by Gasteiger charge is -2.24. The fourth-order valence-corrected chi connectivity index (χ4v) is 1.72. The van der Waals surface area contributed by atoms with Gasteiger partial charge in [0.25, 0.3) is 0 Å². The van der Waals surface area contributed by atoms with E-state index < -0.39 is 0 Å². The van der Waals surface area contributed by atoms with Crippen LogP contribution in [0.4, 0.5) is 5.82 Å². The number of oxime groups is 1. The normalized spacial score (nSPS) is 11.6. The van der Waals surface area contributed by atoms with Crippen molar-refractivity contribution in [1.82, 2.24) is 4.98 Å². The Balaban J connectivity index is 3.24. The van der Waals surface area contributed by atoms with Crippen molar-refractivity contribution < 1.29 is 15.4 Å². The average molecular weight is 254 g/mol. The summed E-state index contributed by atoms with van der Waals surface area (Å²) in [5, 5.41) is 29.8. The molecular weight excluding hydrogens is 236 g/mol. The molecule has 0 spiro atoms. The maximum absolute atomic E-state index is 9.02. The van der Waals surface area contributed by atoms with Gasteiger partial charge in [0.15, 0.2) is 5.84 Å². The lowest BCUT2D eigenvalue weighted by Crippen LogP contribution is -2.33. The molecule has 0 saturated heterocycles. The molecule has 0 saturated carbocycles. The zero-order valence-corrected chi connectivity index (χ0v) is 10.2. The highest BCUT2D eigenvalue weighted by molar-refractivity contribution is 6.02. The zero-order valence-electron chi connectivity index (χ0n) is 10.2. The molecule has 0 aliphatic heterocycles. The van der Waals surface area contributed by atoms with Crippen molar-refractivity contribution in [2.75, 3.05) is 31.2 Å². The number of aliphatic hydroxyl groups excluding tert-OH is 2. The molecule has 100 valence electrons. The number of nitrogens with zero attached hydrogens (tertiary/aromatic N) is 3. The molecule has 0 bridgehead atoms. The number of aliphatic hydroxyl groups is 2. The molecule has 7 heteroatoms. The summed E-state index contributed by atoms with van der Waals surface area (Å²) in [6.07, 6.45) is 1.60. The van der Waals surface area contributed by atoms with E-state index in [0.717, 1.165) is 5.56 Å².